The first-order valence-corrected chi connectivity index (χ1v) is 7.28. The van der Waals surface area contributed by atoms with E-state index in [0.29, 0.717) is 25.6 Å². The third-order valence-corrected chi connectivity index (χ3v) is 2.60. The molecule has 0 fully saturated rings. The van der Waals surface area contributed by atoms with E-state index in [0.717, 1.165) is 25.1 Å². The predicted molar refractivity (Wildman–Crippen MR) is 79.8 cm³/mol. The smallest absolute Gasteiger partial charge is 0.232 e. The van der Waals surface area contributed by atoms with Crippen molar-refractivity contribution in [1.29, 1.82) is 0 Å². The summed E-state index contributed by atoms with van der Waals surface area (Å²) in [6.45, 7) is 11.1. The van der Waals surface area contributed by atoms with Gasteiger partial charge in [-0.25, -0.2) is 4.98 Å². The molecule has 0 bridgehead atoms. The number of hydrogen-bond acceptors (Lipinski definition) is 5. The summed E-state index contributed by atoms with van der Waals surface area (Å²) in [6, 6.07) is 0. The molecule has 0 aliphatic rings. The minimum absolute atomic E-state index is 0.0761. The van der Waals surface area contributed by atoms with Crippen LogP contribution in [0, 0.1) is 0 Å². The van der Waals surface area contributed by atoms with Crippen LogP contribution in [0.15, 0.2) is 12.4 Å². The number of rotatable bonds is 9. The van der Waals surface area contributed by atoms with Crippen LogP contribution in [0.25, 0.3) is 0 Å². The Kier molecular flexibility index (Phi) is 7.47. The molecule has 1 heterocycles. The van der Waals surface area contributed by atoms with E-state index in [9.17, 15) is 0 Å². The Hall–Kier alpha value is -1.20. The van der Waals surface area contributed by atoms with Crippen molar-refractivity contribution in [2.75, 3.05) is 19.8 Å². The highest BCUT2D eigenvalue weighted by atomic mass is 16.5. The zero-order valence-electron chi connectivity index (χ0n) is 13.1. The Morgan fingerprint density at radius 3 is 2.50 bits per heavy atom. The monoisotopic (exact) mass is 281 g/mol. The lowest BCUT2D eigenvalue weighted by molar-refractivity contribution is 0.0963. The van der Waals surface area contributed by atoms with Crippen LogP contribution in [0.5, 0.6) is 5.88 Å². The normalized spacial score (nSPS) is 11.6. The number of ether oxygens (including phenoxy) is 2. The quantitative estimate of drug-likeness (QED) is 0.705. The van der Waals surface area contributed by atoms with Crippen LogP contribution >= 0.6 is 0 Å². The molecule has 5 nitrogen and oxygen atoms in total. The molecule has 0 aromatic carbocycles. The maximum Gasteiger partial charge on any atom is 0.232 e. The Bertz CT molecular complexity index is 360. The molecule has 0 amide bonds. The highest BCUT2D eigenvalue weighted by Gasteiger charge is 2.09. The number of hydrogen-bond donors (Lipinski definition) is 1. The lowest BCUT2D eigenvalue weighted by atomic mass is 10.1. The van der Waals surface area contributed by atoms with Gasteiger partial charge in [0, 0.05) is 18.7 Å². The van der Waals surface area contributed by atoms with Gasteiger partial charge in [-0.3, -0.25) is 4.98 Å². The van der Waals surface area contributed by atoms with Gasteiger partial charge in [-0.2, -0.15) is 0 Å². The fourth-order valence-electron chi connectivity index (χ4n) is 1.42. The molecule has 0 saturated heterocycles. The fourth-order valence-corrected chi connectivity index (χ4v) is 1.42. The second kappa shape index (κ2) is 8.87. The first-order valence-electron chi connectivity index (χ1n) is 7.28. The van der Waals surface area contributed by atoms with Crippen LogP contribution in [0.4, 0.5) is 0 Å². The Balaban J connectivity index is 2.21. The zero-order chi connectivity index (χ0) is 14.8. The molecule has 1 rings (SSSR count). The van der Waals surface area contributed by atoms with E-state index in [-0.39, 0.29) is 5.54 Å². The zero-order valence-corrected chi connectivity index (χ0v) is 13.1. The molecule has 0 saturated carbocycles. The van der Waals surface area contributed by atoms with E-state index in [4.69, 9.17) is 9.47 Å². The lowest BCUT2D eigenvalue weighted by Gasteiger charge is -2.19. The van der Waals surface area contributed by atoms with Gasteiger partial charge in [-0.15, -0.1) is 0 Å². The van der Waals surface area contributed by atoms with E-state index in [1.165, 1.54) is 0 Å². The highest BCUT2D eigenvalue weighted by molar-refractivity contribution is 5.07. The average molecular weight is 281 g/mol. The van der Waals surface area contributed by atoms with Gasteiger partial charge in [-0.1, -0.05) is 13.3 Å². The SMILES string of the molecule is CCCCOCCOc1cnc(CNC(C)(C)C)cn1. The van der Waals surface area contributed by atoms with Crippen molar-refractivity contribution in [1.82, 2.24) is 15.3 Å². The van der Waals surface area contributed by atoms with Crippen molar-refractivity contribution in [2.45, 2.75) is 52.6 Å². The number of nitrogens with one attached hydrogen (secondary N) is 1. The van der Waals surface area contributed by atoms with Crippen molar-refractivity contribution in [3.05, 3.63) is 18.1 Å². The van der Waals surface area contributed by atoms with Gasteiger partial charge in [0.25, 0.3) is 0 Å². The van der Waals surface area contributed by atoms with Gasteiger partial charge in [0.1, 0.15) is 6.61 Å². The second-order valence-corrected chi connectivity index (χ2v) is 5.76. The van der Waals surface area contributed by atoms with Crippen molar-refractivity contribution in [2.24, 2.45) is 0 Å². The first kappa shape index (κ1) is 16.9. The molecule has 0 aliphatic carbocycles. The van der Waals surface area contributed by atoms with Gasteiger partial charge >= 0.3 is 0 Å². The number of unbranched alkanes of at least 4 members (excludes halogenated alkanes) is 1. The van der Waals surface area contributed by atoms with E-state index in [1.54, 1.807) is 12.4 Å². The maximum atomic E-state index is 5.47. The van der Waals surface area contributed by atoms with Gasteiger partial charge in [0.15, 0.2) is 0 Å². The molecule has 114 valence electrons. The molecule has 0 unspecified atom stereocenters. The maximum absolute atomic E-state index is 5.47. The largest absolute Gasteiger partial charge is 0.474 e. The number of aromatic nitrogens is 2. The number of nitrogens with zero attached hydrogens (tertiary/aromatic N) is 2. The molecule has 5 heteroatoms. The lowest BCUT2D eigenvalue weighted by Crippen LogP contribution is -2.35. The van der Waals surface area contributed by atoms with Crippen LogP contribution in [0.3, 0.4) is 0 Å². The van der Waals surface area contributed by atoms with Crippen molar-refractivity contribution >= 4 is 0 Å². The van der Waals surface area contributed by atoms with Crippen LogP contribution in [0.1, 0.15) is 46.2 Å². The molecular weight excluding hydrogens is 254 g/mol. The van der Waals surface area contributed by atoms with E-state index in [2.05, 4.69) is 43.0 Å². The van der Waals surface area contributed by atoms with Crippen molar-refractivity contribution in [3.8, 4) is 5.88 Å². The van der Waals surface area contributed by atoms with Crippen LogP contribution in [-0.4, -0.2) is 35.3 Å². The second-order valence-electron chi connectivity index (χ2n) is 5.76. The van der Waals surface area contributed by atoms with Crippen LogP contribution < -0.4 is 10.1 Å². The molecule has 0 spiro atoms. The van der Waals surface area contributed by atoms with E-state index < -0.39 is 0 Å². The van der Waals surface area contributed by atoms with Crippen molar-refractivity contribution < 1.29 is 9.47 Å². The van der Waals surface area contributed by atoms with Crippen molar-refractivity contribution in [3.63, 3.8) is 0 Å². The Morgan fingerprint density at radius 1 is 1.10 bits per heavy atom. The third-order valence-electron chi connectivity index (χ3n) is 2.60. The minimum Gasteiger partial charge on any atom is -0.474 e. The fraction of sp³-hybridized carbons (Fsp3) is 0.733. The van der Waals surface area contributed by atoms with E-state index >= 15 is 0 Å². The van der Waals surface area contributed by atoms with Gasteiger partial charge in [0.2, 0.25) is 5.88 Å². The summed E-state index contributed by atoms with van der Waals surface area (Å²) < 4.78 is 10.9. The molecule has 20 heavy (non-hydrogen) atoms. The average Bonchev–Trinajstić information content (AvgIpc) is 2.41. The molecule has 1 N–H and O–H groups in total. The van der Waals surface area contributed by atoms with Gasteiger partial charge in [-0.05, 0) is 27.2 Å². The summed E-state index contributed by atoms with van der Waals surface area (Å²) in [6.07, 6.45) is 5.64. The molecule has 0 atom stereocenters. The topological polar surface area (TPSA) is 56.3 Å². The molecule has 0 radical (unpaired) electrons. The van der Waals surface area contributed by atoms with Gasteiger partial charge < -0.3 is 14.8 Å². The minimum atomic E-state index is 0.0761. The van der Waals surface area contributed by atoms with Crippen LogP contribution in [-0.2, 0) is 11.3 Å². The van der Waals surface area contributed by atoms with Crippen LogP contribution in [0.2, 0.25) is 0 Å². The highest BCUT2D eigenvalue weighted by Crippen LogP contribution is 2.06. The third kappa shape index (κ3) is 8.07. The van der Waals surface area contributed by atoms with E-state index in [1.807, 2.05) is 0 Å². The summed E-state index contributed by atoms with van der Waals surface area (Å²) >= 11 is 0. The Labute approximate surface area is 122 Å². The predicted octanol–water partition coefficient (Wildman–Crippen LogP) is 2.56. The first-order chi connectivity index (χ1) is 9.51. The molecule has 0 aliphatic heterocycles. The summed E-state index contributed by atoms with van der Waals surface area (Å²) in [4.78, 5) is 8.55. The molecule has 1 aromatic rings. The summed E-state index contributed by atoms with van der Waals surface area (Å²) in [7, 11) is 0. The standard InChI is InChI=1S/C15H27N3O2/c1-5-6-7-19-8-9-20-14-12-16-13(10-17-14)11-18-15(2,3)4/h10,12,18H,5-9,11H2,1-4H3. The summed E-state index contributed by atoms with van der Waals surface area (Å²) in [5, 5.41) is 3.37. The summed E-state index contributed by atoms with van der Waals surface area (Å²) in [5.74, 6) is 0.545. The van der Waals surface area contributed by atoms with Gasteiger partial charge in [0.05, 0.1) is 24.7 Å². The molecular formula is C15H27N3O2. The molecule has 1 aromatic heterocycles. The Morgan fingerprint density at radius 2 is 1.90 bits per heavy atom. The summed E-state index contributed by atoms with van der Waals surface area (Å²) in [5.41, 5.74) is 0.985.